The van der Waals surface area contributed by atoms with Gasteiger partial charge in [0.05, 0.1) is 11.2 Å². The van der Waals surface area contributed by atoms with Crippen LogP contribution in [0.4, 0.5) is 0 Å². The van der Waals surface area contributed by atoms with Gasteiger partial charge in [-0.3, -0.25) is 5.10 Å². The standard InChI is InChI=1S/C15H18N4/c1-4-11(13-6-8-17-13)15-12(5-1)14(18-19-15)10-3-2-7-16-9-10/h1,3-5,13,16-17H,2,6-9H2,(H,18,19)/t13-/m0/s1. The van der Waals surface area contributed by atoms with Crippen molar-refractivity contribution in [3.63, 3.8) is 0 Å². The van der Waals surface area contributed by atoms with Crippen LogP contribution in [0.1, 0.15) is 30.1 Å². The Balaban J connectivity index is 1.83. The summed E-state index contributed by atoms with van der Waals surface area (Å²) in [5.41, 5.74) is 4.98. The number of benzene rings is 1. The first kappa shape index (κ1) is 11.2. The van der Waals surface area contributed by atoms with Crippen LogP contribution in [0, 0.1) is 0 Å². The lowest BCUT2D eigenvalue weighted by Crippen LogP contribution is -2.35. The molecule has 0 unspecified atom stereocenters. The quantitative estimate of drug-likeness (QED) is 0.768. The van der Waals surface area contributed by atoms with Gasteiger partial charge in [-0.2, -0.15) is 5.10 Å². The summed E-state index contributed by atoms with van der Waals surface area (Å²) in [6, 6.07) is 7.00. The van der Waals surface area contributed by atoms with Crippen LogP contribution in [0.25, 0.3) is 16.5 Å². The lowest BCUT2D eigenvalue weighted by Gasteiger charge is -2.28. The highest BCUT2D eigenvalue weighted by Gasteiger charge is 2.23. The summed E-state index contributed by atoms with van der Waals surface area (Å²) in [6.45, 7) is 3.13. The van der Waals surface area contributed by atoms with E-state index in [0.717, 1.165) is 31.6 Å². The molecule has 1 saturated heterocycles. The molecular weight excluding hydrogens is 236 g/mol. The molecule has 2 aliphatic rings. The number of para-hydroxylation sites is 1. The predicted molar refractivity (Wildman–Crippen MR) is 76.9 cm³/mol. The molecule has 0 spiro atoms. The second-order valence-electron chi connectivity index (χ2n) is 5.33. The number of aromatic nitrogens is 2. The van der Waals surface area contributed by atoms with E-state index in [1.54, 1.807) is 0 Å². The van der Waals surface area contributed by atoms with Crippen LogP contribution < -0.4 is 10.6 Å². The van der Waals surface area contributed by atoms with E-state index < -0.39 is 0 Å². The summed E-state index contributed by atoms with van der Waals surface area (Å²) in [5.74, 6) is 0. The number of H-pyrrole nitrogens is 1. The third kappa shape index (κ3) is 1.79. The Hall–Kier alpha value is -1.65. The molecule has 0 aliphatic carbocycles. The first-order valence-electron chi connectivity index (χ1n) is 7.04. The Morgan fingerprint density at radius 3 is 2.89 bits per heavy atom. The van der Waals surface area contributed by atoms with Crippen molar-refractivity contribution < 1.29 is 0 Å². The number of hydrogen-bond donors (Lipinski definition) is 3. The molecular formula is C15H18N4. The van der Waals surface area contributed by atoms with Gasteiger partial charge in [0.25, 0.3) is 0 Å². The average molecular weight is 254 g/mol. The van der Waals surface area contributed by atoms with E-state index in [9.17, 15) is 0 Å². The highest BCUT2D eigenvalue weighted by molar-refractivity contribution is 5.92. The summed E-state index contributed by atoms with van der Waals surface area (Å²) in [7, 11) is 0. The molecule has 0 amide bonds. The first-order valence-corrected chi connectivity index (χ1v) is 7.04. The normalized spacial score (nSPS) is 23.2. The fourth-order valence-electron chi connectivity index (χ4n) is 2.97. The number of rotatable bonds is 2. The summed E-state index contributed by atoms with van der Waals surface area (Å²) in [5, 5.41) is 15.9. The molecule has 4 nitrogen and oxygen atoms in total. The van der Waals surface area contributed by atoms with E-state index in [0.29, 0.717) is 6.04 Å². The molecule has 4 rings (SSSR count). The third-order valence-corrected chi connectivity index (χ3v) is 4.16. The van der Waals surface area contributed by atoms with E-state index in [2.05, 4.69) is 45.1 Å². The molecule has 0 radical (unpaired) electrons. The molecule has 1 atom stereocenters. The lowest BCUT2D eigenvalue weighted by molar-refractivity contribution is 0.385. The molecule has 98 valence electrons. The SMILES string of the molecule is C1=C(c2[nH]nc3c([C@@H]4CCN4)cccc23)CNCC1. The van der Waals surface area contributed by atoms with Gasteiger partial charge in [0, 0.05) is 18.0 Å². The molecule has 0 bridgehead atoms. The molecule has 4 heteroatoms. The minimum absolute atomic E-state index is 0.485. The van der Waals surface area contributed by atoms with Crippen molar-refractivity contribution in [3.8, 4) is 0 Å². The number of aromatic amines is 1. The molecule has 1 aromatic heterocycles. The Bertz CT molecular complexity index is 637. The predicted octanol–water partition coefficient (Wildman–Crippen LogP) is 1.97. The zero-order valence-electron chi connectivity index (χ0n) is 10.9. The van der Waals surface area contributed by atoms with Gasteiger partial charge in [-0.15, -0.1) is 0 Å². The number of fused-ring (bicyclic) bond motifs is 1. The van der Waals surface area contributed by atoms with Gasteiger partial charge in [-0.25, -0.2) is 0 Å². The summed E-state index contributed by atoms with van der Waals surface area (Å²) in [6.07, 6.45) is 4.63. The minimum Gasteiger partial charge on any atom is -0.312 e. The third-order valence-electron chi connectivity index (χ3n) is 4.16. The fourth-order valence-corrected chi connectivity index (χ4v) is 2.97. The lowest BCUT2D eigenvalue weighted by atomic mass is 9.95. The zero-order chi connectivity index (χ0) is 12.7. The van der Waals surface area contributed by atoms with Crippen molar-refractivity contribution in [1.29, 1.82) is 0 Å². The smallest absolute Gasteiger partial charge is 0.0975 e. The number of nitrogens with one attached hydrogen (secondary N) is 3. The number of nitrogens with zero attached hydrogens (tertiary/aromatic N) is 1. The Morgan fingerprint density at radius 2 is 2.16 bits per heavy atom. The van der Waals surface area contributed by atoms with Crippen molar-refractivity contribution in [1.82, 2.24) is 20.8 Å². The van der Waals surface area contributed by atoms with Crippen LogP contribution in [-0.2, 0) is 0 Å². The van der Waals surface area contributed by atoms with Crippen LogP contribution >= 0.6 is 0 Å². The van der Waals surface area contributed by atoms with Crippen molar-refractivity contribution in [2.75, 3.05) is 19.6 Å². The maximum absolute atomic E-state index is 4.56. The summed E-state index contributed by atoms with van der Waals surface area (Å²) < 4.78 is 0. The van der Waals surface area contributed by atoms with Crippen LogP contribution in [0.2, 0.25) is 0 Å². The second kappa shape index (κ2) is 4.47. The van der Waals surface area contributed by atoms with Gasteiger partial charge in [0.1, 0.15) is 0 Å². The monoisotopic (exact) mass is 254 g/mol. The molecule has 2 aromatic rings. The second-order valence-corrected chi connectivity index (χ2v) is 5.33. The van der Waals surface area contributed by atoms with E-state index in [4.69, 9.17) is 0 Å². The van der Waals surface area contributed by atoms with Gasteiger partial charge in [0.15, 0.2) is 0 Å². The van der Waals surface area contributed by atoms with Gasteiger partial charge in [0.2, 0.25) is 0 Å². The Kier molecular flexibility index (Phi) is 2.64. The molecule has 3 heterocycles. The molecule has 1 aromatic carbocycles. The molecule has 3 N–H and O–H groups in total. The van der Waals surface area contributed by atoms with E-state index in [-0.39, 0.29) is 0 Å². The van der Waals surface area contributed by atoms with Crippen LogP contribution in [0.3, 0.4) is 0 Å². The fraction of sp³-hybridized carbons (Fsp3) is 0.400. The Morgan fingerprint density at radius 1 is 1.21 bits per heavy atom. The first-order chi connectivity index (χ1) is 9.43. The minimum atomic E-state index is 0.485. The molecule has 0 saturated carbocycles. The van der Waals surface area contributed by atoms with Gasteiger partial charge < -0.3 is 10.6 Å². The van der Waals surface area contributed by atoms with Crippen LogP contribution in [0.5, 0.6) is 0 Å². The number of hydrogen-bond acceptors (Lipinski definition) is 3. The summed E-state index contributed by atoms with van der Waals surface area (Å²) in [4.78, 5) is 0. The highest BCUT2D eigenvalue weighted by Crippen LogP contribution is 2.32. The highest BCUT2D eigenvalue weighted by atomic mass is 15.1. The van der Waals surface area contributed by atoms with Crippen molar-refractivity contribution >= 4 is 16.5 Å². The molecule has 1 fully saturated rings. The van der Waals surface area contributed by atoms with Crippen molar-refractivity contribution in [2.24, 2.45) is 0 Å². The van der Waals surface area contributed by atoms with Gasteiger partial charge in [-0.1, -0.05) is 24.3 Å². The average Bonchev–Trinajstić information content (AvgIpc) is 2.83. The van der Waals surface area contributed by atoms with Crippen molar-refractivity contribution in [3.05, 3.63) is 35.5 Å². The van der Waals surface area contributed by atoms with E-state index >= 15 is 0 Å². The largest absolute Gasteiger partial charge is 0.312 e. The van der Waals surface area contributed by atoms with E-state index in [1.165, 1.54) is 28.6 Å². The summed E-state index contributed by atoms with van der Waals surface area (Å²) >= 11 is 0. The van der Waals surface area contributed by atoms with Crippen LogP contribution in [0.15, 0.2) is 24.3 Å². The maximum Gasteiger partial charge on any atom is 0.0975 e. The van der Waals surface area contributed by atoms with E-state index in [1.807, 2.05) is 0 Å². The van der Waals surface area contributed by atoms with Crippen LogP contribution in [-0.4, -0.2) is 29.8 Å². The van der Waals surface area contributed by atoms with Gasteiger partial charge in [-0.05, 0) is 37.1 Å². The topological polar surface area (TPSA) is 52.7 Å². The van der Waals surface area contributed by atoms with Gasteiger partial charge >= 0.3 is 0 Å². The molecule has 19 heavy (non-hydrogen) atoms. The van der Waals surface area contributed by atoms with Crippen molar-refractivity contribution in [2.45, 2.75) is 18.9 Å². The zero-order valence-corrected chi connectivity index (χ0v) is 10.9. The maximum atomic E-state index is 4.56. The Labute approximate surface area is 112 Å². The molecule has 2 aliphatic heterocycles.